The van der Waals surface area contributed by atoms with Gasteiger partial charge in [-0.3, -0.25) is 0 Å². The van der Waals surface area contributed by atoms with Crippen LogP contribution in [0, 0.1) is 0 Å². The van der Waals surface area contributed by atoms with Crippen LogP contribution >= 0.6 is 11.6 Å². The van der Waals surface area contributed by atoms with Crippen molar-refractivity contribution in [1.82, 2.24) is 0 Å². The SMILES string of the molecule is Oc1cccc(OCc2ccc(Cl)c(C(F)(F)F)c2)c1. The van der Waals surface area contributed by atoms with Gasteiger partial charge in [0.05, 0.1) is 10.6 Å². The minimum Gasteiger partial charge on any atom is -0.508 e. The molecule has 0 atom stereocenters. The van der Waals surface area contributed by atoms with Gasteiger partial charge in [-0.1, -0.05) is 23.7 Å². The molecule has 1 N–H and O–H groups in total. The van der Waals surface area contributed by atoms with Gasteiger partial charge in [0.25, 0.3) is 0 Å². The van der Waals surface area contributed by atoms with Crippen LogP contribution in [-0.4, -0.2) is 5.11 Å². The molecule has 2 aromatic rings. The monoisotopic (exact) mass is 302 g/mol. The van der Waals surface area contributed by atoms with Gasteiger partial charge in [0.15, 0.2) is 0 Å². The molecular formula is C14H10ClF3O2. The van der Waals surface area contributed by atoms with Crippen molar-refractivity contribution in [2.45, 2.75) is 12.8 Å². The predicted octanol–water partition coefficient (Wildman–Crippen LogP) is 4.64. The van der Waals surface area contributed by atoms with Gasteiger partial charge in [-0.2, -0.15) is 13.2 Å². The van der Waals surface area contributed by atoms with Crippen molar-refractivity contribution in [3.05, 3.63) is 58.6 Å². The van der Waals surface area contributed by atoms with Crippen LogP contribution in [0.25, 0.3) is 0 Å². The summed E-state index contributed by atoms with van der Waals surface area (Å²) in [5, 5.41) is 8.90. The molecule has 2 aromatic carbocycles. The lowest BCUT2D eigenvalue weighted by Gasteiger charge is -2.12. The molecule has 0 unspecified atom stereocenters. The number of alkyl halides is 3. The Balaban J connectivity index is 2.14. The molecule has 0 aromatic heterocycles. The summed E-state index contributed by atoms with van der Waals surface area (Å²) in [5.74, 6) is 0.392. The van der Waals surface area contributed by atoms with Crippen LogP contribution in [0.2, 0.25) is 5.02 Å². The van der Waals surface area contributed by atoms with E-state index in [1.54, 1.807) is 12.1 Å². The normalized spacial score (nSPS) is 11.4. The maximum absolute atomic E-state index is 12.7. The number of benzene rings is 2. The molecule has 0 radical (unpaired) electrons. The molecule has 0 bridgehead atoms. The fourth-order valence-corrected chi connectivity index (χ4v) is 1.84. The number of phenolic OH excluding ortho intramolecular Hbond substituents is 1. The number of ether oxygens (including phenoxy) is 1. The molecule has 2 nitrogen and oxygen atoms in total. The van der Waals surface area contributed by atoms with E-state index in [1.165, 1.54) is 24.3 Å². The molecule has 106 valence electrons. The van der Waals surface area contributed by atoms with Crippen molar-refractivity contribution >= 4 is 11.6 Å². The zero-order valence-electron chi connectivity index (χ0n) is 10.1. The fourth-order valence-electron chi connectivity index (χ4n) is 1.62. The van der Waals surface area contributed by atoms with Crippen LogP contribution in [0.5, 0.6) is 11.5 Å². The van der Waals surface area contributed by atoms with Gasteiger partial charge in [-0.15, -0.1) is 0 Å². The second kappa shape index (κ2) is 5.63. The molecule has 0 heterocycles. The molecular weight excluding hydrogens is 293 g/mol. The Kier molecular flexibility index (Phi) is 4.09. The Morgan fingerprint density at radius 3 is 2.50 bits per heavy atom. The number of hydrogen-bond donors (Lipinski definition) is 1. The smallest absolute Gasteiger partial charge is 0.417 e. The topological polar surface area (TPSA) is 29.5 Å². The van der Waals surface area contributed by atoms with E-state index in [1.807, 2.05) is 0 Å². The summed E-state index contributed by atoms with van der Waals surface area (Å²) in [7, 11) is 0. The molecule has 6 heteroatoms. The molecule has 0 saturated heterocycles. The molecule has 20 heavy (non-hydrogen) atoms. The minimum atomic E-state index is -4.50. The lowest BCUT2D eigenvalue weighted by molar-refractivity contribution is -0.137. The van der Waals surface area contributed by atoms with E-state index in [9.17, 15) is 18.3 Å². The quantitative estimate of drug-likeness (QED) is 0.894. The molecule has 0 fully saturated rings. The number of aromatic hydroxyl groups is 1. The zero-order chi connectivity index (χ0) is 14.8. The van der Waals surface area contributed by atoms with Crippen molar-refractivity contribution in [2.75, 3.05) is 0 Å². The molecule has 0 aliphatic heterocycles. The Morgan fingerprint density at radius 2 is 1.85 bits per heavy atom. The van der Waals surface area contributed by atoms with Gasteiger partial charge in [-0.25, -0.2) is 0 Å². The van der Waals surface area contributed by atoms with E-state index in [0.29, 0.717) is 11.3 Å². The van der Waals surface area contributed by atoms with Crippen LogP contribution in [0.4, 0.5) is 13.2 Å². The molecule has 0 amide bonds. The summed E-state index contributed by atoms with van der Waals surface area (Å²) in [5.41, 5.74) is -0.554. The first-order chi connectivity index (χ1) is 9.36. The third-order valence-electron chi connectivity index (χ3n) is 2.56. The van der Waals surface area contributed by atoms with Gasteiger partial charge >= 0.3 is 6.18 Å². The van der Waals surface area contributed by atoms with E-state index in [-0.39, 0.29) is 17.4 Å². The highest BCUT2D eigenvalue weighted by Crippen LogP contribution is 2.35. The average Bonchev–Trinajstić information content (AvgIpc) is 2.36. The van der Waals surface area contributed by atoms with Crippen molar-refractivity contribution < 1.29 is 23.0 Å². The van der Waals surface area contributed by atoms with Crippen molar-refractivity contribution in [1.29, 1.82) is 0 Å². The Bertz CT molecular complexity index is 612. The largest absolute Gasteiger partial charge is 0.508 e. The van der Waals surface area contributed by atoms with E-state index in [0.717, 1.165) is 6.07 Å². The number of halogens is 4. The summed E-state index contributed by atoms with van der Waals surface area (Å²) >= 11 is 5.52. The van der Waals surface area contributed by atoms with Gasteiger partial charge in [0.2, 0.25) is 0 Å². The summed E-state index contributed by atoms with van der Waals surface area (Å²) in [4.78, 5) is 0. The van der Waals surface area contributed by atoms with E-state index in [4.69, 9.17) is 16.3 Å². The summed E-state index contributed by atoms with van der Waals surface area (Å²) in [6.07, 6.45) is -4.50. The molecule has 0 aliphatic rings. The Morgan fingerprint density at radius 1 is 1.10 bits per heavy atom. The Labute approximate surface area is 118 Å². The second-order valence-electron chi connectivity index (χ2n) is 4.10. The van der Waals surface area contributed by atoms with E-state index >= 15 is 0 Å². The van der Waals surface area contributed by atoms with Gasteiger partial charge in [-0.05, 0) is 29.8 Å². The van der Waals surface area contributed by atoms with Crippen molar-refractivity contribution in [3.8, 4) is 11.5 Å². The first kappa shape index (κ1) is 14.5. The van der Waals surface area contributed by atoms with Gasteiger partial charge in [0.1, 0.15) is 18.1 Å². The van der Waals surface area contributed by atoms with Crippen molar-refractivity contribution in [3.63, 3.8) is 0 Å². The first-order valence-corrected chi connectivity index (χ1v) is 6.01. The van der Waals surface area contributed by atoms with Gasteiger partial charge in [0, 0.05) is 6.07 Å². The van der Waals surface area contributed by atoms with Crippen LogP contribution < -0.4 is 4.74 Å². The average molecular weight is 303 g/mol. The van der Waals surface area contributed by atoms with E-state index < -0.39 is 11.7 Å². The van der Waals surface area contributed by atoms with Gasteiger partial charge < -0.3 is 9.84 Å². The highest BCUT2D eigenvalue weighted by Gasteiger charge is 2.33. The molecule has 0 saturated carbocycles. The maximum Gasteiger partial charge on any atom is 0.417 e. The highest BCUT2D eigenvalue weighted by atomic mass is 35.5. The van der Waals surface area contributed by atoms with Crippen LogP contribution in [0.1, 0.15) is 11.1 Å². The highest BCUT2D eigenvalue weighted by molar-refractivity contribution is 6.31. The predicted molar refractivity (Wildman–Crippen MR) is 68.9 cm³/mol. The number of rotatable bonds is 3. The second-order valence-corrected chi connectivity index (χ2v) is 4.51. The fraction of sp³-hybridized carbons (Fsp3) is 0.143. The third kappa shape index (κ3) is 3.57. The summed E-state index contributed by atoms with van der Waals surface area (Å²) < 4.78 is 43.4. The molecule has 0 aliphatic carbocycles. The number of phenols is 1. The molecule has 0 spiro atoms. The molecule has 2 rings (SSSR count). The maximum atomic E-state index is 12.7. The first-order valence-electron chi connectivity index (χ1n) is 5.64. The minimum absolute atomic E-state index is 0.0228. The lowest BCUT2D eigenvalue weighted by atomic mass is 10.1. The standard InChI is InChI=1S/C14H10ClF3O2/c15-13-5-4-9(6-12(13)14(16,17)18)8-20-11-3-1-2-10(19)7-11/h1-7,19H,8H2. The van der Waals surface area contributed by atoms with E-state index in [2.05, 4.69) is 0 Å². The summed E-state index contributed by atoms with van der Waals surface area (Å²) in [6.45, 7) is -0.0519. The Hall–Kier alpha value is -1.88. The van der Waals surface area contributed by atoms with Crippen LogP contribution in [0.3, 0.4) is 0 Å². The van der Waals surface area contributed by atoms with Crippen LogP contribution in [0.15, 0.2) is 42.5 Å². The third-order valence-corrected chi connectivity index (χ3v) is 2.89. The van der Waals surface area contributed by atoms with Crippen LogP contribution in [-0.2, 0) is 12.8 Å². The van der Waals surface area contributed by atoms with Crippen molar-refractivity contribution in [2.24, 2.45) is 0 Å². The lowest BCUT2D eigenvalue weighted by Crippen LogP contribution is -2.07. The number of hydrogen-bond acceptors (Lipinski definition) is 2. The zero-order valence-corrected chi connectivity index (χ0v) is 10.9. The summed E-state index contributed by atoms with van der Waals surface area (Å²) in [6, 6.07) is 9.61.